The van der Waals surface area contributed by atoms with Crippen LogP contribution in [0.1, 0.15) is 17.2 Å². The fraction of sp³-hybridized carbons (Fsp3) is 0.263. The first-order chi connectivity index (χ1) is 12.5. The van der Waals surface area contributed by atoms with Crippen molar-refractivity contribution in [2.24, 2.45) is 0 Å². The molecule has 0 bridgehead atoms. The van der Waals surface area contributed by atoms with Gasteiger partial charge < -0.3 is 15.2 Å². The number of aliphatic hydroxyl groups is 1. The molecule has 0 spiro atoms. The Kier molecular flexibility index (Phi) is 7.97. The van der Waals surface area contributed by atoms with Gasteiger partial charge in [-0.3, -0.25) is 9.59 Å². The lowest BCUT2D eigenvalue weighted by atomic mass is 10.1. The smallest absolute Gasteiger partial charge is 0.233 e. The van der Waals surface area contributed by atoms with Crippen molar-refractivity contribution in [2.45, 2.75) is 17.8 Å². The van der Waals surface area contributed by atoms with E-state index in [1.165, 1.54) is 0 Å². The maximum absolute atomic E-state index is 11.8. The van der Waals surface area contributed by atoms with Crippen LogP contribution in [0, 0.1) is 0 Å². The summed E-state index contributed by atoms with van der Waals surface area (Å²) in [6.07, 6.45) is -0.343. The third kappa shape index (κ3) is 6.05. The molecule has 0 aliphatic heterocycles. The lowest BCUT2D eigenvalue weighted by Crippen LogP contribution is -2.31. The van der Waals surface area contributed by atoms with E-state index in [2.05, 4.69) is 5.32 Å². The minimum Gasteiger partial charge on any atom is -0.491 e. The zero-order valence-corrected chi connectivity index (χ0v) is 15.8. The van der Waals surface area contributed by atoms with E-state index >= 15 is 0 Å². The van der Waals surface area contributed by atoms with E-state index in [-0.39, 0.29) is 12.5 Å². The average molecular weight is 394 g/mol. The Bertz CT molecular complexity index is 739. The molecule has 2 aromatic carbocycles. The van der Waals surface area contributed by atoms with Crippen molar-refractivity contribution >= 4 is 34.9 Å². The zero-order valence-electron chi connectivity index (χ0n) is 14.2. The fourth-order valence-corrected chi connectivity index (χ4v) is 3.21. The maximum Gasteiger partial charge on any atom is 0.233 e. The number of aliphatic hydroxyl groups excluding tert-OH is 1. The van der Waals surface area contributed by atoms with Gasteiger partial charge in [-0.1, -0.05) is 47.6 Å². The number of benzene rings is 2. The predicted octanol–water partition coefficient (Wildman–Crippen LogP) is 3.03. The van der Waals surface area contributed by atoms with Gasteiger partial charge in [0.05, 0.1) is 5.25 Å². The summed E-state index contributed by atoms with van der Waals surface area (Å²) in [5.74, 6) is 0.418. The van der Waals surface area contributed by atoms with Crippen LogP contribution >= 0.6 is 23.4 Å². The number of thioether (sulfide) groups is 1. The number of carbonyl (C=O) groups is 2. The standard InChI is InChI=1S/C19H20ClNO4S/c1-21-19(24)18(26-12-22)9-13-5-7-16(8-6-13)25-11-17(23)14-3-2-4-15(20)10-14/h2-8,10,12,17-18,23H,9,11H2,1H3,(H,21,24). The Labute approximate surface area is 161 Å². The Morgan fingerprint density at radius 1 is 1.31 bits per heavy atom. The third-order valence-corrected chi connectivity index (χ3v) is 4.80. The van der Waals surface area contributed by atoms with Gasteiger partial charge >= 0.3 is 0 Å². The highest BCUT2D eigenvalue weighted by Gasteiger charge is 2.18. The Balaban J connectivity index is 1.92. The van der Waals surface area contributed by atoms with E-state index in [0.29, 0.717) is 28.4 Å². The number of amides is 1. The van der Waals surface area contributed by atoms with Crippen LogP contribution in [0.2, 0.25) is 5.02 Å². The molecule has 0 radical (unpaired) electrons. The van der Waals surface area contributed by atoms with Crippen molar-refractivity contribution in [3.05, 3.63) is 64.7 Å². The molecule has 26 heavy (non-hydrogen) atoms. The van der Waals surface area contributed by atoms with Crippen LogP contribution in [-0.2, 0) is 16.0 Å². The normalized spacial score (nSPS) is 12.9. The summed E-state index contributed by atoms with van der Waals surface area (Å²) in [7, 11) is 1.54. The number of nitrogens with one attached hydrogen (secondary N) is 1. The number of rotatable bonds is 9. The van der Waals surface area contributed by atoms with Crippen molar-refractivity contribution in [3.8, 4) is 5.75 Å². The molecule has 2 atom stereocenters. The minimum atomic E-state index is -0.782. The second-order valence-electron chi connectivity index (χ2n) is 5.57. The lowest BCUT2D eigenvalue weighted by Gasteiger charge is -2.14. The summed E-state index contributed by atoms with van der Waals surface area (Å²) in [4.78, 5) is 22.5. The van der Waals surface area contributed by atoms with Crippen LogP contribution in [0.15, 0.2) is 48.5 Å². The molecule has 0 heterocycles. The summed E-state index contributed by atoms with van der Waals surface area (Å²) in [6, 6.07) is 14.2. The monoisotopic (exact) mass is 393 g/mol. The summed E-state index contributed by atoms with van der Waals surface area (Å²) in [5, 5.41) is 12.8. The van der Waals surface area contributed by atoms with Crippen LogP contribution in [0.25, 0.3) is 0 Å². The van der Waals surface area contributed by atoms with E-state index in [1.807, 2.05) is 12.1 Å². The summed E-state index contributed by atoms with van der Waals surface area (Å²) in [6.45, 7) is 0.0988. The Morgan fingerprint density at radius 2 is 2.04 bits per heavy atom. The molecule has 0 aliphatic rings. The van der Waals surface area contributed by atoms with Crippen LogP contribution in [0.3, 0.4) is 0 Å². The van der Waals surface area contributed by atoms with Gasteiger partial charge in [-0.2, -0.15) is 0 Å². The van der Waals surface area contributed by atoms with E-state index in [9.17, 15) is 14.7 Å². The van der Waals surface area contributed by atoms with Gasteiger partial charge in [0.2, 0.25) is 5.91 Å². The van der Waals surface area contributed by atoms with Gasteiger partial charge in [-0.05, 0) is 41.8 Å². The van der Waals surface area contributed by atoms with Gasteiger partial charge in [0.15, 0.2) is 5.62 Å². The molecule has 2 rings (SSSR count). The minimum absolute atomic E-state index is 0.0988. The molecule has 1 amide bonds. The molecule has 7 heteroatoms. The summed E-state index contributed by atoms with van der Waals surface area (Å²) >= 11 is 6.87. The van der Waals surface area contributed by atoms with Gasteiger partial charge in [-0.15, -0.1) is 0 Å². The highest BCUT2D eigenvalue weighted by atomic mass is 35.5. The van der Waals surface area contributed by atoms with E-state index in [4.69, 9.17) is 16.3 Å². The van der Waals surface area contributed by atoms with Crippen molar-refractivity contribution in [1.29, 1.82) is 0 Å². The van der Waals surface area contributed by atoms with Crippen LogP contribution in [0.4, 0.5) is 0 Å². The first-order valence-electron chi connectivity index (χ1n) is 7.99. The van der Waals surface area contributed by atoms with Gasteiger partial charge in [0.25, 0.3) is 0 Å². The number of halogens is 1. The van der Waals surface area contributed by atoms with Crippen LogP contribution in [-0.4, -0.2) is 35.5 Å². The van der Waals surface area contributed by atoms with Crippen molar-refractivity contribution in [1.82, 2.24) is 5.32 Å². The molecular weight excluding hydrogens is 374 g/mol. The molecule has 2 N–H and O–H groups in total. The van der Waals surface area contributed by atoms with Crippen molar-refractivity contribution < 1.29 is 19.4 Å². The summed E-state index contributed by atoms with van der Waals surface area (Å²) in [5.41, 5.74) is 2.28. The van der Waals surface area contributed by atoms with Crippen molar-refractivity contribution in [2.75, 3.05) is 13.7 Å². The Morgan fingerprint density at radius 3 is 2.65 bits per heavy atom. The number of carbonyl (C=O) groups excluding carboxylic acids is 2. The third-order valence-electron chi connectivity index (χ3n) is 3.74. The molecule has 2 unspecified atom stereocenters. The molecule has 2 aromatic rings. The quantitative estimate of drug-likeness (QED) is 0.640. The van der Waals surface area contributed by atoms with Gasteiger partial charge in [0, 0.05) is 12.1 Å². The predicted molar refractivity (Wildman–Crippen MR) is 104 cm³/mol. The fourth-order valence-electron chi connectivity index (χ4n) is 2.35. The highest BCUT2D eigenvalue weighted by Crippen LogP contribution is 2.21. The molecule has 138 valence electrons. The van der Waals surface area contributed by atoms with E-state index < -0.39 is 11.4 Å². The average Bonchev–Trinajstić information content (AvgIpc) is 2.66. The number of hydrogen-bond donors (Lipinski definition) is 2. The molecule has 0 aliphatic carbocycles. The second-order valence-corrected chi connectivity index (χ2v) is 7.04. The second kappa shape index (κ2) is 10.2. The Hall–Kier alpha value is -2.02. The largest absolute Gasteiger partial charge is 0.491 e. The van der Waals surface area contributed by atoms with E-state index in [1.54, 1.807) is 43.4 Å². The van der Waals surface area contributed by atoms with Crippen LogP contribution < -0.4 is 10.1 Å². The molecule has 0 fully saturated rings. The molecule has 0 saturated heterocycles. The van der Waals surface area contributed by atoms with Crippen LogP contribution in [0.5, 0.6) is 5.75 Å². The molecule has 0 aromatic heterocycles. The zero-order chi connectivity index (χ0) is 18.9. The van der Waals surface area contributed by atoms with Gasteiger partial charge in [-0.25, -0.2) is 0 Å². The number of ether oxygens (including phenoxy) is 1. The van der Waals surface area contributed by atoms with Gasteiger partial charge in [0.1, 0.15) is 18.5 Å². The first-order valence-corrected chi connectivity index (χ1v) is 9.31. The molecule has 5 nitrogen and oxygen atoms in total. The van der Waals surface area contributed by atoms with E-state index in [0.717, 1.165) is 17.3 Å². The number of hydrogen-bond acceptors (Lipinski definition) is 5. The molecular formula is C19H20ClNO4S. The topological polar surface area (TPSA) is 75.6 Å². The SMILES string of the molecule is CNC(=O)C(Cc1ccc(OCC(O)c2cccc(Cl)c2)cc1)SC=O. The lowest BCUT2D eigenvalue weighted by molar-refractivity contribution is -0.120. The molecule has 0 saturated carbocycles. The highest BCUT2D eigenvalue weighted by molar-refractivity contribution is 8.13. The summed E-state index contributed by atoms with van der Waals surface area (Å²) < 4.78 is 5.60. The first kappa shape index (κ1) is 20.3. The van der Waals surface area contributed by atoms with Crippen molar-refractivity contribution in [3.63, 3.8) is 0 Å². The maximum atomic E-state index is 11.8.